The Kier molecular flexibility index (Phi) is 6.86. The van der Waals surface area contributed by atoms with Gasteiger partial charge in [-0.15, -0.1) is 0 Å². The molecule has 6 nitrogen and oxygen atoms in total. The molecule has 0 bridgehead atoms. The van der Waals surface area contributed by atoms with Crippen molar-refractivity contribution in [3.8, 4) is 5.75 Å². The van der Waals surface area contributed by atoms with Gasteiger partial charge in [-0.2, -0.15) is 0 Å². The topological polar surface area (TPSA) is 61.9 Å². The molecule has 2 aromatic rings. The molecule has 0 fully saturated rings. The highest BCUT2D eigenvalue weighted by Gasteiger charge is 2.20. The Hall–Kier alpha value is -2.09. The second-order valence-corrected chi connectivity index (χ2v) is 8.72. The second kappa shape index (κ2) is 8.73. The maximum atomic E-state index is 12.7. The molecular formula is C20H29N3O3S. The van der Waals surface area contributed by atoms with Crippen molar-refractivity contribution in [2.75, 3.05) is 46.7 Å². The Morgan fingerprint density at radius 2 is 1.67 bits per heavy atom. The number of hydrogen-bond acceptors (Lipinski definition) is 5. The molecule has 0 heterocycles. The van der Waals surface area contributed by atoms with Gasteiger partial charge in [-0.05, 0) is 62.5 Å². The van der Waals surface area contributed by atoms with Crippen LogP contribution in [-0.4, -0.2) is 55.2 Å². The van der Waals surface area contributed by atoms with Gasteiger partial charge < -0.3 is 14.5 Å². The molecule has 0 aliphatic carbocycles. The Bertz CT molecular complexity index is 863. The van der Waals surface area contributed by atoms with Crippen LogP contribution in [0.5, 0.6) is 5.75 Å². The first-order valence-corrected chi connectivity index (χ1v) is 10.2. The van der Waals surface area contributed by atoms with Gasteiger partial charge >= 0.3 is 0 Å². The van der Waals surface area contributed by atoms with Gasteiger partial charge in [-0.3, -0.25) is 0 Å². The summed E-state index contributed by atoms with van der Waals surface area (Å²) in [5.74, 6) is 0.668. The summed E-state index contributed by atoms with van der Waals surface area (Å²) in [6, 6.07) is 12.9. The number of ether oxygens (including phenoxy) is 1. The van der Waals surface area contributed by atoms with Crippen molar-refractivity contribution in [1.82, 2.24) is 9.62 Å². The second-order valence-electron chi connectivity index (χ2n) is 6.95. The van der Waals surface area contributed by atoms with Crippen molar-refractivity contribution >= 4 is 15.7 Å². The largest absolute Gasteiger partial charge is 0.496 e. The lowest BCUT2D eigenvalue weighted by Gasteiger charge is -2.26. The molecule has 27 heavy (non-hydrogen) atoms. The van der Waals surface area contributed by atoms with Crippen molar-refractivity contribution in [3.05, 3.63) is 53.6 Å². The maximum Gasteiger partial charge on any atom is 0.240 e. The first-order chi connectivity index (χ1) is 12.7. The average Bonchev–Trinajstić information content (AvgIpc) is 2.61. The van der Waals surface area contributed by atoms with E-state index >= 15 is 0 Å². The van der Waals surface area contributed by atoms with E-state index in [-0.39, 0.29) is 17.5 Å². The van der Waals surface area contributed by atoms with Gasteiger partial charge in [0.25, 0.3) is 0 Å². The molecule has 0 aromatic heterocycles. The smallest absolute Gasteiger partial charge is 0.240 e. The zero-order valence-electron chi connectivity index (χ0n) is 16.9. The van der Waals surface area contributed by atoms with Gasteiger partial charge in [0, 0.05) is 32.4 Å². The molecule has 0 saturated heterocycles. The molecule has 1 unspecified atom stereocenters. The van der Waals surface area contributed by atoms with E-state index in [2.05, 4.69) is 4.72 Å². The monoisotopic (exact) mass is 391 g/mol. The van der Waals surface area contributed by atoms with Gasteiger partial charge in [-0.1, -0.05) is 12.1 Å². The minimum Gasteiger partial charge on any atom is -0.496 e. The lowest BCUT2D eigenvalue weighted by molar-refractivity contribution is 0.299. The molecule has 0 radical (unpaired) electrons. The molecule has 0 saturated carbocycles. The number of likely N-dealkylation sites (N-methyl/N-ethyl adjacent to an activating group) is 1. The first-order valence-electron chi connectivity index (χ1n) is 8.73. The Morgan fingerprint density at radius 3 is 2.15 bits per heavy atom. The maximum absolute atomic E-state index is 12.7. The summed E-state index contributed by atoms with van der Waals surface area (Å²) in [7, 11) is 5.82. The molecule has 1 atom stereocenters. The fourth-order valence-electron chi connectivity index (χ4n) is 2.88. The van der Waals surface area contributed by atoms with Crippen molar-refractivity contribution in [1.29, 1.82) is 0 Å². The summed E-state index contributed by atoms with van der Waals surface area (Å²) in [6.07, 6.45) is 0. The van der Waals surface area contributed by atoms with Crippen molar-refractivity contribution < 1.29 is 13.2 Å². The van der Waals surface area contributed by atoms with Crippen LogP contribution in [-0.2, 0) is 10.0 Å². The van der Waals surface area contributed by atoms with Gasteiger partial charge in [0.2, 0.25) is 10.0 Å². The van der Waals surface area contributed by atoms with Crippen LogP contribution in [0.3, 0.4) is 0 Å². The number of hydrogen-bond donors (Lipinski definition) is 1. The van der Waals surface area contributed by atoms with Crippen molar-refractivity contribution in [2.24, 2.45) is 0 Å². The number of methoxy groups -OCH3 is 1. The summed E-state index contributed by atoms with van der Waals surface area (Å²) in [5.41, 5.74) is 2.94. The van der Waals surface area contributed by atoms with E-state index in [0.29, 0.717) is 5.75 Å². The van der Waals surface area contributed by atoms with Crippen LogP contribution in [0.2, 0.25) is 0 Å². The highest BCUT2D eigenvalue weighted by molar-refractivity contribution is 7.89. The summed E-state index contributed by atoms with van der Waals surface area (Å²) >= 11 is 0. The lowest BCUT2D eigenvalue weighted by Crippen LogP contribution is -2.34. The summed E-state index contributed by atoms with van der Waals surface area (Å²) in [6.45, 7) is 2.11. The van der Waals surface area contributed by atoms with E-state index in [1.807, 2.05) is 69.2 Å². The van der Waals surface area contributed by atoms with Crippen molar-refractivity contribution in [2.45, 2.75) is 17.9 Å². The van der Waals surface area contributed by atoms with E-state index in [4.69, 9.17) is 4.74 Å². The normalized spacial score (nSPS) is 12.9. The number of aryl methyl sites for hydroxylation is 1. The molecule has 0 aliphatic heterocycles. The zero-order valence-corrected chi connectivity index (χ0v) is 17.7. The molecule has 2 aromatic carbocycles. The van der Waals surface area contributed by atoms with Crippen LogP contribution in [0, 0.1) is 6.92 Å². The highest BCUT2D eigenvalue weighted by Crippen LogP contribution is 2.23. The molecule has 0 spiro atoms. The van der Waals surface area contributed by atoms with E-state index in [9.17, 15) is 8.42 Å². The van der Waals surface area contributed by atoms with Gasteiger partial charge in [0.15, 0.2) is 0 Å². The summed E-state index contributed by atoms with van der Waals surface area (Å²) < 4.78 is 33.4. The van der Waals surface area contributed by atoms with Crippen LogP contribution >= 0.6 is 0 Å². The minimum absolute atomic E-state index is 0.0738. The molecule has 148 valence electrons. The van der Waals surface area contributed by atoms with Crippen LogP contribution < -0.4 is 14.4 Å². The number of benzene rings is 2. The fraction of sp³-hybridized carbons (Fsp3) is 0.400. The Labute approximate surface area is 162 Å². The summed E-state index contributed by atoms with van der Waals surface area (Å²) in [5, 5.41) is 0. The number of anilines is 1. The third kappa shape index (κ3) is 5.22. The first kappa shape index (κ1) is 21.2. The SMILES string of the molecule is COc1ccc(S(=O)(=O)NCC(c2ccc(N(C)C)cc2)N(C)C)cc1C. The lowest BCUT2D eigenvalue weighted by atomic mass is 10.1. The predicted molar refractivity (Wildman–Crippen MR) is 110 cm³/mol. The predicted octanol–water partition coefficient (Wildman–Crippen LogP) is 2.65. The number of nitrogens with zero attached hydrogens (tertiary/aromatic N) is 2. The molecule has 0 amide bonds. The van der Waals surface area contributed by atoms with E-state index in [0.717, 1.165) is 16.8 Å². The van der Waals surface area contributed by atoms with Crippen LogP contribution in [0.25, 0.3) is 0 Å². The molecule has 1 N–H and O–H groups in total. The highest BCUT2D eigenvalue weighted by atomic mass is 32.2. The number of nitrogens with one attached hydrogen (secondary N) is 1. The Balaban J connectivity index is 2.18. The van der Waals surface area contributed by atoms with Gasteiger partial charge in [0.05, 0.1) is 12.0 Å². The molecular weight excluding hydrogens is 362 g/mol. The van der Waals surface area contributed by atoms with E-state index in [1.165, 1.54) is 0 Å². The van der Waals surface area contributed by atoms with Crippen LogP contribution in [0.15, 0.2) is 47.4 Å². The van der Waals surface area contributed by atoms with Gasteiger partial charge in [0.1, 0.15) is 5.75 Å². The quantitative estimate of drug-likeness (QED) is 0.750. The summed E-state index contributed by atoms with van der Waals surface area (Å²) in [4.78, 5) is 4.27. The van der Waals surface area contributed by atoms with Gasteiger partial charge in [-0.25, -0.2) is 13.1 Å². The van der Waals surface area contributed by atoms with E-state index in [1.54, 1.807) is 25.3 Å². The molecule has 2 rings (SSSR count). The van der Waals surface area contributed by atoms with Crippen LogP contribution in [0.4, 0.5) is 5.69 Å². The molecule has 7 heteroatoms. The third-order valence-electron chi connectivity index (χ3n) is 4.56. The third-order valence-corrected chi connectivity index (χ3v) is 5.98. The number of rotatable bonds is 8. The minimum atomic E-state index is -3.61. The Morgan fingerprint density at radius 1 is 1.04 bits per heavy atom. The van der Waals surface area contributed by atoms with E-state index < -0.39 is 10.0 Å². The fourth-order valence-corrected chi connectivity index (χ4v) is 4.01. The van der Waals surface area contributed by atoms with Crippen LogP contribution in [0.1, 0.15) is 17.2 Å². The average molecular weight is 392 g/mol. The number of sulfonamides is 1. The molecule has 0 aliphatic rings. The zero-order chi connectivity index (χ0) is 20.2. The van der Waals surface area contributed by atoms with Crippen molar-refractivity contribution in [3.63, 3.8) is 0 Å². The standard InChI is InChI=1S/C20H29N3O3S/c1-15-13-18(11-12-20(15)26-6)27(24,25)21-14-19(23(4)5)16-7-9-17(10-8-16)22(2)3/h7-13,19,21H,14H2,1-6H3.